The topological polar surface area (TPSA) is 64.1 Å². The maximum Gasteiger partial charge on any atom is 0.216 e. The summed E-state index contributed by atoms with van der Waals surface area (Å²) in [5.41, 5.74) is 7.37. The van der Waals surface area contributed by atoms with Gasteiger partial charge in [0.2, 0.25) is 5.89 Å². The Morgan fingerprint density at radius 3 is 2.84 bits per heavy atom. The van der Waals surface area contributed by atoms with E-state index < -0.39 is 0 Å². The van der Waals surface area contributed by atoms with Crippen molar-refractivity contribution in [3.05, 3.63) is 46.1 Å². The molecule has 2 aromatic rings. The second-order valence-electron chi connectivity index (χ2n) is 4.23. The van der Waals surface area contributed by atoms with Crippen LogP contribution in [0.1, 0.15) is 30.2 Å². The van der Waals surface area contributed by atoms with E-state index in [2.05, 4.69) is 26.2 Å². The second kappa shape index (κ2) is 5.71. The molecule has 1 unspecified atom stereocenters. The number of oxazole rings is 1. The van der Waals surface area contributed by atoms with E-state index in [0.717, 1.165) is 21.5 Å². The van der Waals surface area contributed by atoms with Crippen molar-refractivity contribution in [2.24, 2.45) is 5.73 Å². The van der Waals surface area contributed by atoms with Crippen molar-refractivity contribution in [1.29, 1.82) is 0 Å². The average Bonchev–Trinajstić information content (AvgIpc) is 2.75. The van der Waals surface area contributed by atoms with E-state index in [1.54, 1.807) is 6.20 Å². The van der Waals surface area contributed by atoms with E-state index in [1.807, 2.05) is 32.0 Å². The van der Waals surface area contributed by atoms with Gasteiger partial charge in [0.25, 0.3) is 0 Å². The second-order valence-corrected chi connectivity index (χ2v) is 5.58. The monoisotopic (exact) mass is 339 g/mol. The summed E-state index contributed by atoms with van der Waals surface area (Å²) in [5.74, 6) is 1.42. The summed E-state index contributed by atoms with van der Waals surface area (Å²) < 4.78 is 6.45. The predicted octanol–water partition coefficient (Wildman–Crippen LogP) is 3.55. The van der Waals surface area contributed by atoms with Gasteiger partial charge in [-0.15, -0.1) is 0 Å². The number of thiocarbonyl (C=S) groups is 1. The first-order chi connectivity index (χ1) is 8.97. The lowest BCUT2D eigenvalue weighted by molar-refractivity contribution is 0.453. The molecule has 0 saturated heterocycles. The van der Waals surface area contributed by atoms with Crippen LogP contribution in [0.5, 0.6) is 0 Å². The van der Waals surface area contributed by atoms with Gasteiger partial charge in [0.05, 0.1) is 6.20 Å². The first-order valence-electron chi connectivity index (χ1n) is 5.75. The number of aromatic nitrogens is 1. The van der Waals surface area contributed by atoms with Gasteiger partial charge in [0, 0.05) is 15.7 Å². The SMILES string of the molecule is Cc1cnc(C(C)Nc2cc(Br)ccc2C(N)=S)o1. The fourth-order valence-electron chi connectivity index (χ4n) is 1.72. The summed E-state index contributed by atoms with van der Waals surface area (Å²) in [6.07, 6.45) is 1.70. The molecule has 0 fully saturated rings. The van der Waals surface area contributed by atoms with Crippen molar-refractivity contribution in [2.45, 2.75) is 19.9 Å². The normalized spacial score (nSPS) is 12.2. The number of nitrogens with one attached hydrogen (secondary N) is 1. The van der Waals surface area contributed by atoms with Gasteiger partial charge in [-0.3, -0.25) is 0 Å². The Balaban J connectivity index is 2.27. The number of anilines is 1. The van der Waals surface area contributed by atoms with Crippen molar-refractivity contribution >= 4 is 38.8 Å². The van der Waals surface area contributed by atoms with Gasteiger partial charge in [-0.25, -0.2) is 4.98 Å². The van der Waals surface area contributed by atoms with Gasteiger partial charge >= 0.3 is 0 Å². The summed E-state index contributed by atoms with van der Waals surface area (Å²) >= 11 is 8.48. The number of nitrogens with zero attached hydrogens (tertiary/aromatic N) is 1. The lowest BCUT2D eigenvalue weighted by atomic mass is 10.1. The zero-order valence-electron chi connectivity index (χ0n) is 10.6. The molecule has 0 bridgehead atoms. The van der Waals surface area contributed by atoms with Gasteiger partial charge in [-0.05, 0) is 32.0 Å². The third kappa shape index (κ3) is 3.33. The largest absolute Gasteiger partial charge is 0.444 e. The summed E-state index contributed by atoms with van der Waals surface area (Å²) in [4.78, 5) is 4.56. The smallest absolute Gasteiger partial charge is 0.216 e. The van der Waals surface area contributed by atoms with Crippen molar-refractivity contribution in [3.63, 3.8) is 0 Å². The van der Waals surface area contributed by atoms with Gasteiger partial charge in [0.1, 0.15) is 16.8 Å². The molecule has 0 amide bonds. The lowest BCUT2D eigenvalue weighted by Gasteiger charge is -2.15. The fraction of sp³-hybridized carbons (Fsp3) is 0.231. The zero-order chi connectivity index (χ0) is 14.0. The maximum absolute atomic E-state index is 5.72. The Hall–Kier alpha value is -1.40. The zero-order valence-corrected chi connectivity index (χ0v) is 13.0. The summed E-state index contributed by atoms with van der Waals surface area (Å²) in [5, 5.41) is 3.31. The lowest BCUT2D eigenvalue weighted by Crippen LogP contribution is -2.15. The highest BCUT2D eigenvalue weighted by molar-refractivity contribution is 9.10. The van der Waals surface area contributed by atoms with Crippen molar-refractivity contribution < 1.29 is 4.42 Å². The van der Waals surface area contributed by atoms with Crippen molar-refractivity contribution in [1.82, 2.24) is 4.98 Å². The number of halogens is 1. The molecular weight excluding hydrogens is 326 g/mol. The van der Waals surface area contributed by atoms with Crippen LogP contribution in [0.25, 0.3) is 0 Å². The highest BCUT2D eigenvalue weighted by Gasteiger charge is 2.14. The van der Waals surface area contributed by atoms with E-state index >= 15 is 0 Å². The summed E-state index contributed by atoms with van der Waals surface area (Å²) in [7, 11) is 0. The molecular formula is C13H14BrN3OS. The third-order valence-corrected chi connectivity index (χ3v) is 3.34. The quantitative estimate of drug-likeness (QED) is 0.834. The van der Waals surface area contributed by atoms with Gasteiger partial charge in [-0.2, -0.15) is 0 Å². The Bertz CT molecular complexity index is 612. The summed E-state index contributed by atoms with van der Waals surface area (Å²) in [6.45, 7) is 3.83. The Labute approximate surface area is 125 Å². The predicted molar refractivity (Wildman–Crippen MR) is 83.3 cm³/mol. The van der Waals surface area contributed by atoms with Crippen LogP contribution in [0.2, 0.25) is 0 Å². The van der Waals surface area contributed by atoms with Gasteiger partial charge in [-0.1, -0.05) is 28.1 Å². The molecule has 0 spiro atoms. The Morgan fingerprint density at radius 1 is 1.53 bits per heavy atom. The molecule has 0 aliphatic heterocycles. The highest BCUT2D eigenvalue weighted by Crippen LogP contribution is 2.25. The number of rotatable bonds is 4. The van der Waals surface area contributed by atoms with E-state index in [9.17, 15) is 0 Å². The fourth-order valence-corrected chi connectivity index (χ4v) is 2.26. The molecule has 4 nitrogen and oxygen atoms in total. The van der Waals surface area contributed by atoms with Crippen LogP contribution in [-0.4, -0.2) is 9.97 Å². The standard InChI is InChI=1S/C13H14BrN3OS/c1-7-6-16-13(18-7)8(2)17-11-5-9(14)3-4-10(11)12(15)19/h3-6,8,17H,1-2H3,(H2,15,19). The molecule has 100 valence electrons. The molecule has 1 atom stereocenters. The first-order valence-corrected chi connectivity index (χ1v) is 6.95. The van der Waals surface area contributed by atoms with Crippen LogP contribution in [0.15, 0.2) is 33.3 Å². The molecule has 19 heavy (non-hydrogen) atoms. The van der Waals surface area contributed by atoms with E-state index in [0.29, 0.717) is 10.9 Å². The molecule has 2 rings (SSSR count). The molecule has 1 heterocycles. The van der Waals surface area contributed by atoms with E-state index in [4.69, 9.17) is 22.4 Å². The molecule has 0 aliphatic carbocycles. The molecule has 1 aromatic heterocycles. The van der Waals surface area contributed by atoms with Crippen LogP contribution in [0.3, 0.4) is 0 Å². The summed E-state index contributed by atoms with van der Waals surface area (Å²) in [6, 6.07) is 5.64. The molecule has 1 aromatic carbocycles. The molecule has 3 N–H and O–H groups in total. The van der Waals surface area contributed by atoms with Crippen LogP contribution < -0.4 is 11.1 Å². The van der Waals surface area contributed by atoms with Crippen LogP contribution in [0, 0.1) is 6.92 Å². The molecule has 0 saturated carbocycles. The first kappa shape index (κ1) is 14.0. The Morgan fingerprint density at radius 2 is 2.26 bits per heavy atom. The highest BCUT2D eigenvalue weighted by atomic mass is 79.9. The van der Waals surface area contributed by atoms with Crippen molar-refractivity contribution in [3.8, 4) is 0 Å². The van der Waals surface area contributed by atoms with Gasteiger partial charge in [0.15, 0.2) is 0 Å². The van der Waals surface area contributed by atoms with E-state index in [1.165, 1.54) is 0 Å². The maximum atomic E-state index is 5.72. The minimum absolute atomic E-state index is 0.0731. The van der Waals surface area contributed by atoms with Crippen molar-refractivity contribution in [2.75, 3.05) is 5.32 Å². The molecule has 6 heteroatoms. The average molecular weight is 340 g/mol. The van der Waals surface area contributed by atoms with E-state index in [-0.39, 0.29) is 6.04 Å². The van der Waals surface area contributed by atoms with Crippen LogP contribution in [-0.2, 0) is 0 Å². The number of benzene rings is 1. The van der Waals surface area contributed by atoms with Crippen LogP contribution >= 0.6 is 28.1 Å². The molecule has 0 radical (unpaired) electrons. The Kier molecular flexibility index (Phi) is 4.21. The number of hydrogen-bond donors (Lipinski definition) is 2. The number of nitrogens with two attached hydrogens (primary N) is 1. The third-order valence-electron chi connectivity index (χ3n) is 2.63. The minimum Gasteiger partial charge on any atom is -0.444 e. The number of hydrogen-bond acceptors (Lipinski definition) is 4. The number of aryl methyl sites for hydroxylation is 1. The molecule has 0 aliphatic rings. The minimum atomic E-state index is -0.0731. The van der Waals surface area contributed by atoms with Gasteiger partial charge < -0.3 is 15.5 Å². The van der Waals surface area contributed by atoms with Crippen LogP contribution in [0.4, 0.5) is 5.69 Å².